The van der Waals surface area contributed by atoms with Crippen molar-refractivity contribution in [2.24, 2.45) is 0 Å². The SMILES string of the molecule is COc1cc(C=Cc2cc(=O)cc(C)[nH]2)cc(O)c1CC=C(C)C. The molecule has 4 nitrogen and oxygen atoms in total. The molecule has 0 fully saturated rings. The van der Waals surface area contributed by atoms with Crippen LogP contribution in [0.5, 0.6) is 11.5 Å². The highest BCUT2D eigenvalue weighted by Gasteiger charge is 2.09. The van der Waals surface area contributed by atoms with Gasteiger partial charge >= 0.3 is 0 Å². The molecular weight excluding hydrogens is 302 g/mol. The second-order valence-corrected chi connectivity index (χ2v) is 5.99. The minimum Gasteiger partial charge on any atom is -0.507 e. The van der Waals surface area contributed by atoms with E-state index in [9.17, 15) is 9.90 Å². The maximum absolute atomic E-state index is 11.5. The van der Waals surface area contributed by atoms with Crippen LogP contribution in [0, 0.1) is 6.92 Å². The largest absolute Gasteiger partial charge is 0.507 e. The zero-order valence-electron chi connectivity index (χ0n) is 14.5. The molecule has 24 heavy (non-hydrogen) atoms. The van der Waals surface area contributed by atoms with E-state index in [-0.39, 0.29) is 11.2 Å². The summed E-state index contributed by atoms with van der Waals surface area (Å²) < 4.78 is 5.41. The van der Waals surface area contributed by atoms with Crippen molar-refractivity contribution in [3.05, 3.63) is 68.7 Å². The summed E-state index contributed by atoms with van der Waals surface area (Å²) in [5.41, 5.74) is 4.23. The molecule has 0 amide bonds. The van der Waals surface area contributed by atoms with Crippen LogP contribution < -0.4 is 10.2 Å². The Kier molecular flexibility index (Phi) is 5.64. The average molecular weight is 325 g/mol. The van der Waals surface area contributed by atoms with Crippen LogP contribution in [0.3, 0.4) is 0 Å². The molecule has 2 rings (SSSR count). The summed E-state index contributed by atoms with van der Waals surface area (Å²) >= 11 is 0. The molecule has 2 N–H and O–H groups in total. The van der Waals surface area contributed by atoms with Crippen molar-refractivity contribution in [1.82, 2.24) is 4.98 Å². The highest BCUT2D eigenvalue weighted by Crippen LogP contribution is 2.31. The Bertz CT molecular complexity index is 840. The van der Waals surface area contributed by atoms with Crippen LogP contribution in [0.1, 0.15) is 36.4 Å². The zero-order chi connectivity index (χ0) is 17.7. The fraction of sp³-hybridized carbons (Fsp3) is 0.250. The van der Waals surface area contributed by atoms with E-state index in [1.807, 2.05) is 39.0 Å². The molecule has 0 aliphatic carbocycles. The number of methoxy groups -OCH3 is 1. The molecule has 0 aliphatic heterocycles. The smallest absolute Gasteiger partial charge is 0.182 e. The van der Waals surface area contributed by atoms with Gasteiger partial charge in [-0.05, 0) is 51.0 Å². The molecule has 1 heterocycles. The highest BCUT2D eigenvalue weighted by molar-refractivity contribution is 5.70. The summed E-state index contributed by atoms with van der Waals surface area (Å²) in [7, 11) is 1.59. The maximum Gasteiger partial charge on any atom is 0.182 e. The van der Waals surface area contributed by atoms with E-state index in [1.54, 1.807) is 25.3 Å². The second-order valence-electron chi connectivity index (χ2n) is 5.99. The lowest BCUT2D eigenvalue weighted by atomic mass is 10.0. The van der Waals surface area contributed by atoms with Gasteiger partial charge in [0, 0.05) is 29.1 Å². The predicted octanol–water partition coefficient (Wildman–Crippen LogP) is 4.08. The van der Waals surface area contributed by atoms with E-state index < -0.39 is 0 Å². The van der Waals surface area contributed by atoms with Crippen molar-refractivity contribution in [1.29, 1.82) is 0 Å². The minimum absolute atomic E-state index is 0.0385. The molecular formula is C20H23NO3. The van der Waals surface area contributed by atoms with Gasteiger partial charge in [0.25, 0.3) is 0 Å². The zero-order valence-corrected chi connectivity index (χ0v) is 14.5. The number of hydrogen-bond donors (Lipinski definition) is 2. The maximum atomic E-state index is 11.5. The Balaban J connectivity index is 2.34. The third-order valence-corrected chi connectivity index (χ3v) is 3.60. The number of benzene rings is 1. The Morgan fingerprint density at radius 2 is 1.96 bits per heavy atom. The molecule has 1 aromatic heterocycles. The van der Waals surface area contributed by atoms with Gasteiger partial charge < -0.3 is 14.8 Å². The first-order valence-electron chi connectivity index (χ1n) is 7.81. The number of aryl methyl sites for hydroxylation is 1. The van der Waals surface area contributed by atoms with E-state index in [1.165, 1.54) is 11.6 Å². The molecule has 0 atom stereocenters. The first-order chi connectivity index (χ1) is 11.4. The van der Waals surface area contributed by atoms with Gasteiger partial charge in [-0.2, -0.15) is 0 Å². The Labute approximate surface area is 142 Å². The van der Waals surface area contributed by atoms with Gasteiger partial charge in [0.2, 0.25) is 0 Å². The number of aromatic nitrogens is 1. The number of phenolic OH excluding ortho intramolecular Hbond substituents is 1. The summed E-state index contributed by atoms with van der Waals surface area (Å²) in [5.74, 6) is 0.842. The van der Waals surface area contributed by atoms with Crippen LogP contribution in [0.4, 0.5) is 0 Å². The number of H-pyrrole nitrogens is 1. The third kappa shape index (κ3) is 4.62. The monoisotopic (exact) mass is 325 g/mol. The van der Waals surface area contributed by atoms with E-state index in [0.29, 0.717) is 17.9 Å². The second kappa shape index (κ2) is 7.68. The van der Waals surface area contributed by atoms with Gasteiger partial charge in [-0.3, -0.25) is 4.79 Å². The summed E-state index contributed by atoms with van der Waals surface area (Å²) in [6.45, 7) is 5.87. The molecule has 1 aromatic carbocycles. The molecule has 2 aromatic rings. The quantitative estimate of drug-likeness (QED) is 0.814. The van der Waals surface area contributed by atoms with Crippen LogP contribution in [-0.4, -0.2) is 17.2 Å². The summed E-state index contributed by atoms with van der Waals surface area (Å²) in [5, 5.41) is 10.3. The lowest BCUT2D eigenvalue weighted by molar-refractivity contribution is 0.401. The molecule has 0 unspecified atom stereocenters. The number of aromatic hydroxyl groups is 1. The molecule has 0 saturated carbocycles. The molecule has 0 aliphatic rings. The van der Waals surface area contributed by atoms with Gasteiger partial charge in [0.05, 0.1) is 7.11 Å². The first kappa shape index (κ1) is 17.6. The fourth-order valence-corrected chi connectivity index (χ4v) is 2.43. The molecule has 0 radical (unpaired) electrons. The molecule has 4 heteroatoms. The van der Waals surface area contributed by atoms with Crippen molar-refractivity contribution >= 4 is 12.2 Å². The summed E-state index contributed by atoms with van der Waals surface area (Å²) in [6.07, 6.45) is 6.30. The van der Waals surface area contributed by atoms with Crippen LogP contribution in [0.25, 0.3) is 12.2 Å². The number of hydrogen-bond acceptors (Lipinski definition) is 3. The lowest BCUT2D eigenvalue weighted by Crippen LogP contribution is -2.01. The fourth-order valence-electron chi connectivity index (χ4n) is 2.43. The van der Waals surface area contributed by atoms with Gasteiger partial charge in [-0.25, -0.2) is 0 Å². The highest BCUT2D eigenvalue weighted by atomic mass is 16.5. The molecule has 0 saturated heterocycles. The van der Waals surface area contributed by atoms with Gasteiger partial charge in [-0.1, -0.05) is 17.7 Å². The number of nitrogens with one attached hydrogen (secondary N) is 1. The third-order valence-electron chi connectivity index (χ3n) is 3.60. The van der Waals surface area contributed by atoms with Crippen molar-refractivity contribution in [3.63, 3.8) is 0 Å². The van der Waals surface area contributed by atoms with Crippen LogP contribution in [-0.2, 0) is 6.42 Å². The number of pyridine rings is 1. The van der Waals surface area contributed by atoms with Crippen molar-refractivity contribution in [3.8, 4) is 11.5 Å². The van der Waals surface area contributed by atoms with Crippen molar-refractivity contribution in [2.75, 3.05) is 7.11 Å². The molecule has 0 bridgehead atoms. The van der Waals surface area contributed by atoms with Gasteiger partial charge in [-0.15, -0.1) is 0 Å². The Morgan fingerprint density at radius 3 is 2.58 bits per heavy atom. The van der Waals surface area contributed by atoms with E-state index >= 15 is 0 Å². The summed E-state index contributed by atoms with van der Waals surface area (Å²) in [6, 6.07) is 6.65. The van der Waals surface area contributed by atoms with E-state index in [4.69, 9.17) is 4.74 Å². The van der Waals surface area contributed by atoms with Crippen LogP contribution >= 0.6 is 0 Å². The van der Waals surface area contributed by atoms with Gasteiger partial charge in [0.1, 0.15) is 11.5 Å². The van der Waals surface area contributed by atoms with E-state index in [0.717, 1.165) is 16.8 Å². The average Bonchev–Trinajstić information content (AvgIpc) is 2.50. The van der Waals surface area contributed by atoms with Crippen LogP contribution in [0.2, 0.25) is 0 Å². The van der Waals surface area contributed by atoms with Crippen molar-refractivity contribution in [2.45, 2.75) is 27.2 Å². The number of allylic oxidation sites excluding steroid dienone is 2. The Hall–Kier alpha value is -2.75. The first-order valence-corrected chi connectivity index (χ1v) is 7.81. The standard InChI is InChI=1S/C20H23NO3/c1-13(2)5-8-18-19(23)10-15(11-20(18)24-4)6-7-16-12-17(22)9-14(3)21-16/h5-7,9-12,23H,8H2,1-4H3,(H,21,22). The Morgan fingerprint density at radius 1 is 1.21 bits per heavy atom. The van der Waals surface area contributed by atoms with Crippen LogP contribution in [0.15, 0.2) is 40.7 Å². The molecule has 126 valence electrons. The van der Waals surface area contributed by atoms with E-state index in [2.05, 4.69) is 4.98 Å². The number of rotatable bonds is 5. The number of ether oxygens (including phenoxy) is 1. The number of phenols is 1. The minimum atomic E-state index is -0.0385. The topological polar surface area (TPSA) is 62.3 Å². The summed E-state index contributed by atoms with van der Waals surface area (Å²) in [4.78, 5) is 14.6. The lowest BCUT2D eigenvalue weighted by Gasteiger charge is -2.11. The predicted molar refractivity (Wildman–Crippen MR) is 98.5 cm³/mol. The normalized spacial score (nSPS) is 10.8. The van der Waals surface area contributed by atoms with Gasteiger partial charge in [0.15, 0.2) is 5.43 Å². The molecule has 0 spiro atoms. The number of aromatic amines is 1. The van der Waals surface area contributed by atoms with Crippen molar-refractivity contribution < 1.29 is 9.84 Å².